The molecule has 174 valence electrons. The number of hydrogen-bond acceptors (Lipinski definition) is 7. The van der Waals surface area contributed by atoms with Crippen LogP contribution in [-0.4, -0.2) is 45.4 Å². The van der Waals surface area contributed by atoms with Gasteiger partial charge >= 0.3 is 12.0 Å². The summed E-state index contributed by atoms with van der Waals surface area (Å²) in [6, 6.07) is 6.40. The predicted octanol–water partition coefficient (Wildman–Crippen LogP) is 2.70. The first-order chi connectivity index (χ1) is 15.0. The number of aromatic nitrogens is 2. The number of fused-ring (bicyclic) bond motifs is 1. The Labute approximate surface area is 191 Å². The van der Waals surface area contributed by atoms with E-state index in [0.29, 0.717) is 28.5 Å². The third kappa shape index (κ3) is 7.99. The molecule has 2 N–H and O–H groups in total. The predicted molar refractivity (Wildman–Crippen MR) is 124 cm³/mol. The second-order valence-corrected chi connectivity index (χ2v) is 9.69. The first-order valence-corrected chi connectivity index (χ1v) is 11.3. The van der Waals surface area contributed by atoms with E-state index in [9.17, 15) is 19.2 Å². The van der Waals surface area contributed by atoms with Gasteiger partial charge in [0.05, 0.1) is 16.7 Å². The number of hydrogen-bond donors (Lipinski definition) is 2. The Bertz CT molecular complexity index is 1040. The van der Waals surface area contributed by atoms with E-state index >= 15 is 0 Å². The maximum atomic E-state index is 12.9. The molecule has 2 aromatic rings. The summed E-state index contributed by atoms with van der Waals surface area (Å²) in [5.41, 5.74) is -0.106. The highest BCUT2D eigenvalue weighted by Gasteiger charge is 2.18. The summed E-state index contributed by atoms with van der Waals surface area (Å²) in [5, 5.41) is 5.61. The first kappa shape index (κ1) is 25.4. The molecule has 0 aliphatic rings. The number of nitrogens with zero attached hydrogens (tertiary/aromatic N) is 2. The molecule has 1 heterocycles. The molecule has 0 unspecified atom stereocenters. The molecule has 1 aromatic heterocycles. The van der Waals surface area contributed by atoms with Gasteiger partial charge in [0, 0.05) is 12.1 Å². The lowest BCUT2D eigenvalue weighted by Crippen LogP contribution is -2.49. The van der Waals surface area contributed by atoms with Crippen molar-refractivity contribution in [3.05, 3.63) is 34.6 Å². The van der Waals surface area contributed by atoms with Crippen LogP contribution in [0.15, 0.2) is 34.2 Å². The Morgan fingerprint density at radius 1 is 1.19 bits per heavy atom. The number of imide groups is 1. The molecule has 3 amide bonds. The number of thioether (sulfide) groups is 1. The van der Waals surface area contributed by atoms with Gasteiger partial charge < -0.3 is 10.1 Å². The van der Waals surface area contributed by atoms with E-state index in [2.05, 4.69) is 29.5 Å². The number of carbonyl (C=O) groups is 3. The zero-order valence-corrected chi connectivity index (χ0v) is 19.9. The molecule has 2 rings (SSSR count). The number of rotatable bonds is 8. The van der Waals surface area contributed by atoms with Crippen molar-refractivity contribution in [1.29, 1.82) is 0 Å². The van der Waals surface area contributed by atoms with Gasteiger partial charge in [-0.25, -0.2) is 9.78 Å². The number of urea groups is 1. The molecule has 0 saturated carbocycles. The van der Waals surface area contributed by atoms with Crippen molar-refractivity contribution >= 4 is 40.6 Å². The van der Waals surface area contributed by atoms with E-state index in [0.717, 1.165) is 18.2 Å². The van der Waals surface area contributed by atoms with Crippen LogP contribution in [0.2, 0.25) is 0 Å². The highest BCUT2D eigenvalue weighted by molar-refractivity contribution is 7.99. The van der Waals surface area contributed by atoms with E-state index in [1.165, 1.54) is 0 Å². The third-order valence-electron chi connectivity index (χ3n) is 4.18. The van der Waals surface area contributed by atoms with E-state index in [1.807, 2.05) is 0 Å². The Morgan fingerprint density at radius 2 is 1.88 bits per heavy atom. The Kier molecular flexibility index (Phi) is 8.82. The average molecular weight is 463 g/mol. The number of nitrogens with one attached hydrogen (secondary N) is 2. The van der Waals surface area contributed by atoms with Gasteiger partial charge in [0.1, 0.15) is 0 Å². The van der Waals surface area contributed by atoms with Gasteiger partial charge in [-0.3, -0.25) is 24.3 Å². The van der Waals surface area contributed by atoms with E-state index in [4.69, 9.17) is 4.74 Å². The minimum atomic E-state index is -0.734. The zero-order valence-electron chi connectivity index (χ0n) is 19.1. The molecule has 32 heavy (non-hydrogen) atoms. The van der Waals surface area contributed by atoms with Gasteiger partial charge in [0.25, 0.3) is 11.5 Å². The monoisotopic (exact) mass is 462 g/mol. The van der Waals surface area contributed by atoms with Crippen LogP contribution in [0.1, 0.15) is 41.0 Å². The fourth-order valence-electron chi connectivity index (χ4n) is 2.69. The highest BCUT2D eigenvalue weighted by Crippen LogP contribution is 2.19. The maximum absolute atomic E-state index is 12.9. The van der Waals surface area contributed by atoms with Crippen LogP contribution in [0.3, 0.4) is 0 Å². The molecule has 10 heteroatoms. The van der Waals surface area contributed by atoms with Crippen LogP contribution in [0, 0.1) is 5.92 Å². The average Bonchev–Trinajstić information content (AvgIpc) is 2.68. The second kappa shape index (κ2) is 11.1. The van der Waals surface area contributed by atoms with Crippen LogP contribution in [0.5, 0.6) is 0 Å². The molecule has 0 fully saturated rings. The summed E-state index contributed by atoms with van der Waals surface area (Å²) in [5.74, 6) is -1.12. The lowest BCUT2D eigenvalue weighted by molar-refractivity contribution is -0.145. The fourth-order valence-corrected chi connectivity index (χ4v) is 3.51. The van der Waals surface area contributed by atoms with Crippen LogP contribution < -0.4 is 16.2 Å². The summed E-state index contributed by atoms with van der Waals surface area (Å²) in [6.07, 6.45) is 0.786. The number of ether oxygens (including phenoxy) is 1. The van der Waals surface area contributed by atoms with Crippen LogP contribution in [-0.2, 0) is 20.9 Å². The summed E-state index contributed by atoms with van der Waals surface area (Å²) >= 11 is 1.08. The van der Waals surface area contributed by atoms with Crippen LogP contribution >= 0.6 is 11.8 Å². The minimum Gasteiger partial charge on any atom is -0.455 e. The quantitative estimate of drug-likeness (QED) is 0.352. The second-order valence-electron chi connectivity index (χ2n) is 8.75. The molecular weight excluding hydrogens is 432 g/mol. The highest BCUT2D eigenvalue weighted by atomic mass is 32.2. The molecule has 9 nitrogen and oxygen atoms in total. The summed E-state index contributed by atoms with van der Waals surface area (Å²) < 4.78 is 6.52. The Morgan fingerprint density at radius 3 is 2.53 bits per heavy atom. The summed E-state index contributed by atoms with van der Waals surface area (Å²) in [7, 11) is 0. The van der Waals surface area contributed by atoms with Crippen molar-refractivity contribution in [2.24, 2.45) is 5.92 Å². The zero-order chi connectivity index (χ0) is 23.9. The summed E-state index contributed by atoms with van der Waals surface area (Å²) in [4.78, 5) is 53.1. The van der Waals surface area contributed by atoms with Crippen molar-refractivity contribution in [2.75, 3.05) is 12.4 Å². The van der Waals surface area contributed by atoms with E-state index in [1.54, 1.807) is 49.6 Å². The van der Waals surface area contributed by atoms with Crippen molar-refractivity contribution in [1.82, 2.24) is 20.2 Å². The van der Waals surface area contributed by atoms with Crippen LogP contribution in [0.25, 0.3) is 10.9 Å². The molecule has 0 aliphatic heterocycles. The topological polar surface area (TPSA) is 119 Å². The Balaban J connectivity index is 2.00. The number of carbonyl (C=O) groups excluding carboxylic acids is 3. The molecule has 0 spiro atoms. The largest absolute Gasteiger partial charge is 0.455 e. The number of benzene rings is 1. The van der Waals surface area contributed by atoms with Gasteiger partial charge in [-0.15, -0.1) is 0 Å². The standard InChI is InChI=1S/C22H30N4O5S/c1-14(2)10-11-26-19(29)15-8-6-7-9-16(15)23-21(26)32-13-18(28)31-12-17(27)24-20(30)25-22(3,4)5/h6-9,14H,10-13H2,1-5H3,(H2,24,25,27,30). The molecule has 0 atom stereocenters. The maximum Gasteiger partial charge on any atom is 0.321 e. The molecule has 1 aromatic carbocycles. The minimum absolute atomic E-state index is 0.131. The van der Waals surface area contributed by atoms with Gasteiger partial charge in [0.15, 0.2) is 11.8 Å². The lowest BCUT2D eigenvalue weighted by atomic mass is 10.1. The van der Waals surface area contributed by atoms with E-state index < -0.39 is 30.1 Å². The first-order valence-electron chi connectivity index (χ1n) is 10.4. The third-order valence-corrected chi connectivity index (χ3v) is 5.13. The van der Waals surface area contributed by atoms with Gasteiger partial charge in [-0.1, -0.05) is 37.7 Å². The van der Waals surface area contributed by atoms with Gasteiger partial charge in [-0.2, -0.15) is 0 Å². The van der Waals surface area contributed by atoms with Crippen LogP contribution in [0.4, 0.5) is 4.79 Å². The number of amides is 3. The smallest absolute Gasteiger partial charge is 0.321 e. The van der Waals surface area contributed by atoms with Gasteiger partial charge in [0.2, 0.25) is 0 Å². The molecule has 0 bridgehead atoms. The van der Waals surface area contributed by atoms with E-state index in [-0.39, 0.29) is 11.3 Å². The van der Waals surface area contributed by atoms with Crippen molar-refractivity contribution in [3.63, 3.8) is 0 Å². The SMILES string of the molecule is CC(C)CCn1c(SCC(=O)OCC(=O)NC(=O)NC(C)(C)C)nc2ccccc2c1=O. The Hall–Kier alpha value is -2.88. The molecule has 0 saturated heterocycles. The molecule has 0 radical (unpaired) electrons. The van der Waals surface area contributed by atoms with Crippen molar-refractivity contribution in [2.45, 2.75) is 58.3 Å². The van der Waals surface area contributed by atoms with Crippen molar-refractivity contribution < 1.29 is 19.1 Å². The fraction of sp³-hybridized carbons (Fsp3) is 0.500. The molecular formula is C22H30N4O5S. The normalized spacial score (nSPS) is 11.4. The van der Waals surface area contributed by atoms with Crippen molar-refractivity contribution in [3.8, 4) is 0 Å². The van der Waals surface area contributed by atoms with Gasteiger partial charge in [-0.05, 0) is 45.2 Å². The summed E-state index contributed by atoms with van der Waals surface area (Å²) in [6.45, 7) is 9.36. The number of esters is 1. The lowest BCUT2D eigenvalue weighted by Gasteiger charge is -2.20. The molecule has 0 aliphatic carbocycles. The number of para-hydroxylation sites is 1.